The molecular weight excluding hydrogens is 492 g/mol. The Kier molecular flexibility index (Phi) is 6.60. The number of allylic oxidation sites excluding steroid dienone is 2. The summed E-state index contributed by atoms with van der Waals surface area (Å²) in [4.78, 5) is 13.8. The van der Waals surface area contributed by atoms with E-state index in [9.17, 15) is 0 Å². The van der Waals surface area contributed by atoms with Crippen molar-refractivity contribution < 1.29 is 18.9 Å². The molecule has 0 aromatic heterocycles. The van der Waals surface area contributed by atoms with Crippen molar-refractivity contribution in [3.8, 4) is 23.0 Å². The van der Waals surface area contributed by atoms with Crippen LogP contribution < -0.4 is 40.1 Å². The van der Waals surface area contributed by atoms with Crippen LogP contribution in [-0.2, 0) is 0 Å². The first-order valence-corrected chi connectivity index (χ1v) is 13.1. The van der Waals surface area contributed by atoms with Gasteiger partial charge in [-0.15, -0.1) is 0 Å². The molecular formula is C31H32N4O4. The van der Waals surface area contributed by atoms with E-state index < -0.39 is 0 Å². The molecule has 39 heavy (non-hydrogen) atoms. The quantitative estimate of drug-likeness (QED) is 0.391. The standard InChI is InChI=1S/C31H32N4O4/c1-20-8-24-14-32-26-12-30(28(36-3)10-22(26)18-34(24)16-20)38-6-5-7-39-31-13-27-23(11-29(31)37-4)19-35-17-21(2)9-25(35)15-33-27/h10-15,18-19H,1-2,5-9,16-17H2,3-4H3. The Bertz CT molecular complexity index is 1550. The van der Waals surface area contributed by atoms with E-state index in [0.29, 0.717) is 42.6 Å². The first-order valence-electron chi connectivity index (χ1n) is 13.1. The molecule has 0 bridgehead atoms. The zero-order chi connectivity index (χ0) is 26.9. The average molecular weight is 525 g/mol. The van der Waals surface area contributed by atoms with Crippen molar-refractivity contribution in [2.75, 3.05) is 40.5 Å². The van der Waals surface area contributed by atoms with Crippen molar-refractivity contribution in [2.45, 2.75) is 19.3 Å². The van der Waals surface area contributed by atoms with Crippen molar-refractivity contribution in [1.82, 2.24) is 9.80 Å². The number of ether oxygens (including phenoxy) is 4. The van der Waals surface area contributed by atoms with Crippen LogP contribution in [0, 0.1) is 0 Å². The lowest BCUT2D eigenvalue weighted by Crippen LogP contribution is -2.27. The Morgan fingerprint density at radius 3 is 1.59 bits per heavy atom. The van der Waals surface area contributed by atoms with E-state index in [4.69, 9.17) is 28.9 Å². The fraction of sp³-hybridized carbons (Fsp3) is 0.290. The highest BCUT2D eigenvalue weighted by molar-refractivity contribution is 5.46. The molecule has 0 N–H and O–H groups in total. The lowest BCUT2D eigenvalue weighted by Gasteiger charge is -2.14. The van der Waals surface area contributed by atoms with E-state index in [1.165, 1.54) is 11.1 Å². The second kappa shape index (κ2) is 10.4. The van der Waals surface area contributed by atoms with E-state index in [-0.39, 0.29) is 0 Å². The molecule has 2 saturated heterocycles. The molecule has 6 rings (SSSR count). The monoisotopic (exact) mass is 524 g/mol. The molecule has 2 aromatic carbocycles. The van der Waals surface area contributed by atoms with Gasteiger partial charge in [0.2, 0.25) is 0 Å². The van der Waals surface area contributed by atoms with E-state index in [1.54, 1.807) is 14.2 Å². The maximum atomic E-state index is 6.10. The minimum Gasteiger partial charge on any atom is -0.493 e. The van der Waals surface area contributed by atoms with Crippen LogP contribution in [0.3, 0.4) is 0 Å². The van der Waals surface area contributed by atoms with Gasteiger partial charge in [-0.05, 0) is 12.1 Å². The third-order valence-electron chi connectivity index (χ3n) is 7.11. The molecule has 0 amide bonds. The van der Waals surface area contributed by atoms with Crippen LogP contribution in [0.4, 0.5) is 0 Å². The van der Waals surface area contributed by atoms with Crippen LogP contribution >= 0.6 is 0 Å². The number of benzene rings is 2. The van der Waals surface area contributed by atoms with Crippen molar-refractivity contribution in [1.29, 1.82) is 0 Å². The first-order chi connectivity index (χ1) is 19.0. The molecule has 0 unspecified atom stereocenters. The van der Waals surface area contributed by atoms with Gasteiger partial charge in [0.25, 0.3) is 0 Å². The summed E-state index contributed by atoms with van der Waals surface area (Å²) in [6.07, 6.45) is 10.4. The number of fused-ring (bicyclic) bond motifs is 4. The molecule has 0 radical (unpaired) electrons. The molecule has 0 saturated carbocycles. The fourth-order valence-electron chi connectivity index (χ4n) is 5.16. The second-order valence-corrected chi connectivity index (χ2v) is 10.0. The predicted octanol–water partition coefficient (Wildman–Crippen LogP) is 2.50. The minimum atomic E-state index is 0.461. The van der Waals surface area contributed by atoms with Gasteiger partial charge in [0, 0.05) is 91.1 Å². The summed E-state index contributed by atoms with van der Waals surface area (Å²) in [5.74, 6) is 2.66. The number of nitrogens with zero attached hydrogens (tertiary/aromatic N) is 4. The smallest absolute Gasteiger partial charge is 0.163 e. The van der Waals surface area contributed by atoms with Gasteiger partial charge < -0.3 is 28.7 Å². The third-order valence-corrected chi connectivity index (χ3v) is 7.11. The molecule has 8 nitrogen and oxygen atoms in total. The average Bonchev–Trinajstić information content (AvgIpc) is 3.35. The first kappa shape index (κ1) is 24.9. The van der Waals surface area contributed by atoms with E-state index in [2.05, 4.69) is 35.4 Å². The highest BCUT2D eigenvalue weighted by Gasteiger charge is 2.21. The molecule has 200 valence electrons. The minimum absolute atomic E-state index is 0.461. The molecule has 8 heteroatoms. The van der Waals surface area contributed by atoms with Gasteiger partial charge in [-0.2, -0.15) is 0 Å². The van der Waals surface area contributed by atoms with Gasteiger partial charge in [-0.25, -0.2) is 0 Å². The van der Waals surface area contributed by atoms with Gasteiger partial charge in [0.15, 0.2) is 23.0 Å². The van der Waals surface area contributed by atoms with Gasteiger partial charge in [-0.1, -0.05) is 24.3 Å². The molecule has 4 aliphatic heterocycles. The Balaban J connectivity index is 1.13. The normalized spacial score (nSPS) is 17.0. The van der Waals surface area contributed by atoms with Crippen molar-refractivity contribution in [3.05, 3.63) is 93.5 Å². The van der Waals surface area contributed by atoms with E-state index >= 15 is 0 Å². The Labute approximate surface area is 227 Å². The zero-order valence-electron chi connectivity index (χ0n) is 22.4. The molecule has 4 heterocycles. The van der Waals surface area contributed by atoms with Crippen molar-refractivity contribution >= 4 is 12.4 Å². The summed E-state index contributed by atoms with van der Waals surface area (Å²) >= 11 is 0. The van der Waals surface area contributed by atoms with E-state index in [0.717, 1.165) is 58.5 Å². The van der Waals surface area contributed by atoms with Crippen LogP contribution in [0.2, 0.25) is 0 Å². The van der Waals surface area contributed by atoms with Crippen LogP contribution in [-0.4, -0.2) is 50.3 Å². The van der Waals surface area contributed by atoms with Crippen molar-refractivity contribution in [2.24, 2.45) is 9.98 Å². The summed E-state index contributed by atoms with van der Waals surface area (Å²) in [6, 6.07) is 7.81. The summed E-state index contributed by atoms with van der Waals surface area (Å²) in [7, 11) is 3.30. The van der Waals surface area contributed by atoms with E-state index in [1.807, 2.05) is 36.7 Å². The molecule has 4 aliphatic rings. The highest BCUT2D eigenvalue weighted by atomic mass is 16.5. The largest absolute Gasteiger partial charge is 0.493 e. The number of hydrogen-bond acceptors (Lipinski definition) is 8. The molecule has 0 atom stereocenters. The van der Waals surface area contributed by atoms with Crippen LogP contribution in [0.15, 0.2) is 82.3 Å². The predicted molar refractivity (Wildman–Crippen MR) is 149 cm³/mol. The summed E-state index contributed by atoms with van der Waals surface area (Å²) in [5.41, 5.74) is 4.67. The van der Waals surface area contributed by atoms with Crippen molar-refractivity contribution in [3.63, 3.8) is 0 Å². The number of rotatable bonds is 8. The highest BCUT2D eigenvalue weighted by Crippen LogP contribution is 2.29. The lowest BCUT2D eigenvalue weighted by molar-refractivity contribution is 0.234. The fourth-order valence-corrected chi connectivity index (χ4v) is 5.16. The molecule has 0 spiro atoms. The number of methoxy groups -OCH3 is 2. The number of hydrogen-bond donors (Lipinski definition) is 0. The summed E-state index contributed by atoms with van der Waals surface area (Å²) < 4.78 is 23.4. The van der Waals surface area contributed by atoms with Gasteiger partial charge >= 0.3 is 0 Å². The Morgan fingerprint density at radius 1 is 0.692 bits per heavy atom. The SMILES string of the molecule is C=C1CC2=CN=c3cc(OCCCOc4cc5c(cc4OC)=CN4CC(=C)CC4=CN=5)c(OC)cc3=CN2C1. The molecule has 2 fully saturated rings. The molecule has 2 aromatic rings. The lowest BCUT2D eigenvalue weighted by atomic mass is 10.2. The molecule has 0 aliphatic carbocycles. The summed E-state index contributed by atoms with van der Waals surface area (Å²) in [5, 5.41) is 3.68. The van der Waals surface area contributed by atoms with Crippen LogP contribution in [0.1, 0.15) is 19.3 Å². The Hall–Kier alpha value is -4.46. The second-order valence-electron chi connectivity index (χ2n) is 10.0. The zero-order valence-corrected chi connectivity index (χ0v) is 22.4. The van der Waals surface area contributed by atoms with Crippen LogP contribution in [0.25, 0.3) is 12.4 Å². The maximum absolute atomic E-state index is 6.10. The van der Waals surface area contributed by atoms with Gasteiger partial charge in [0.1, 0.15) is 0 Å². The third kappa shape index (κ3) is 5.02. The van der Waals surface area contributed by atoms with Gasteiger partial charge in [0.05, 0.1) is 38.1 Å². The Morgan fingerprint density at radius 2 is 1.15 bits per heavy atom. The van der Waals surface area contributed by atoms with Crippen LogP contribution in [0.5, 0.6) is 23.0 Å². The topological polar surface area (TPSA) is 68.1 Å². The maximum Gasteiger partial charge on any atom is 0.163 e. The summed E-state index contributed by atoms with van der Waals surface area (Å²) in [6.45, 7) is 10.8. The van der Waals surface area contributed by atoms with Gasteiger partial charge in [-0.3, -0.25) is 9.98 Å².